The van der Waals surface area contributed by atoms with Crippen molar-refractivity contribution in [1.82, 2.24) is 0 Å². The summed E-state index contributed by atoms with van der Waals surface area (Å²) in [6.45, 7) is 2.18. The maximum atomic E-state index is 12.6. The Hall–Kier alpha value is -0.320. The first kappa shape index (κ1) is 15.1. The van der Waals surface area contributed by atoms with Crippen LogP contribution in [0.15, 0.2) is 0 Å². The predicted octanol–water partition coefficient (Wildman–Crippen LogP) is -0.462. The molecule has 2 rings (SSSR count). The molecule has 0 aromatic heterocycles. The minimum Gasteiger partial charge on any atom is -0.388 e. The van der Waals surface area contributed by atoms with E-state index in [-0.39, 0.29) is 0 Å². The lowest BCUT2D eigenvalue weighted by Gasteiger charge is -2.26. The molecule has 0 aromatic carbocycles. The molecule has 2 aliphatic rings. The molecular formula is C10H17FO7S. The quantitative estimate of drug-likeness (QED) is 0.702. The fourth-order valence-electron chi connectivity index (χ4n) is 2.21. The van der Waals surface area contributed by atoms with Crippen LogP contribution in [0.5, 0.6) is 0 Å². The highest BCUT2D eigenvalue weighted by atomic mass is 32.2. The number of hydrogen-bond donors (Lipinski definition) is 1. The molecule has 0 saturated carbocycles. The highest BCUT2D eigenvalue weighted by molar-refractivity contribution is 7.86. The number of aliphatic hydroxyl groups is 1. The Kier molecular flexibility index (Phi) is 3.89. The number of ether oxygens (including phenoxy) is 3. The Morgan fingerprint density at radius 2 is 2.05 bits per heavy atom. The van der Waals surface area contributed by atoms with E-state index in [9.17, 15) is 17.9 Å². The monoisotopic (exact) mass is 300 g/mol. The summed E-state index contributed by atoms with van der Waals surface area (Å²) in [6.07, 6.45) is -4.69. The van der Waals surface area contributed by atoms with Gasteiger partial charge in [0.1, 0.15) is 31.1 Å². The molecule has 0 spiro atoms. The average molecular weight is 300 g/mol. The topological polar surface area (TPSA) is 91.3 Å². The highest BCUT2D eigenvalue weighted by Gasteiger charge is 2.58. The Morgan fingerprint density at radius 3 is 2.58 bits per heavy atom. The molecule has 0 unspecified atom stereocenters. The first-order chi connectivity index (χ1) is 8.63. The van der Waals surface area contributed by atoms with E-state index in [1.807, 2.05) is 0 Å². The van der Waals surface area contributed by atoms with E-state index in [2.05, 4.69) is 0 Å². The fourth-order valence-corrected chi connectivity index (χ4v) is 2.84. The molecule has 9 heteroatoms. The third-order valence-electron chi connectivity index (χ3n) is 2.85. The zero-order valence-corrected chi connectivity index (χ0v) is 11.6. The van der Waals surface area contributed by atoms with Gasteiger partial charge in [-0.05, 0) is 13.8 Å². The molecule has 7 nitrogen and oxygen atoms in total. The first-order valence-electron chi connectivity index (χ1n) is 5.76. The SMILES string of the molecule is CC1(C)O[C@H]2O[C@H]([C@H](O)CF)[C@H](OS(C)(=O)=O)[C@H]2O1. The van der Waals surface area contributed by atoms with Crippen LogP contribution < -0.4 is 0 Å². The molecule has 0 amide bonds. The second-order valence-corrected chi connectivity index (χ2v) is 6.66. The van der Waals surface area contributed by atoms with E-state index in [0.717, 1.165) is 6.26 Å². The molecule has 0 aromatic rings. The van der Waals surface area contributed by atoms with Crippen LogP contribution in [0.25, 0.3) is 0 Å². The Balaban J connectivity index is 2.21. The third-order valence-corrected chi connectivity index (χ3v) is 3.42. The Labute approximate surface area is 110 Å². The van der Waals surface area contributed by atoms with Crippen molar-refractivity contribution in [3.05, 3.63) is 0 Å². The average Bonchev–Trinajstić information content (AvgIpc) is 2.70. The predicted molar refractivity (Wildman–Crippen MR) is 60.4 cm³/mol. The molecule has 5 atom stereocenters. The third kappa shape index (κ3) is 3.23. The lowest BCUT2D eigenvalue weighted by atomic mass is 10.1. The molecule has 112 valence electrons. The molecule has 1 N–H and O–H groups in total. The highest BCUT2D eigenvalue weighted by Crippen LogP contribution is 2.40. The number of alkyl halides is 1. The summed E-state index contributed by atoms with van der Waals surface area (Å²) < 4.78 is 56.1. The van der Waals surface area contributed by atoms with Gasteiger partial charge in [0, 0.05) is 0 Å². The van der Waals surface area contributed by atoms with Gasteiger partial charge in [0.05, 0.1) is 6.26 Å². The second kappa shape index (κ2) is 4.90. The van der Waals surface area contributed by atoms with Crippen LogP contribution in [-0.2, 0) is 28.5 Å². The van der Waals surface area contributed by atoms with Crippen LogP contribution in [-0.4, -0.2) is 62.9 Å². The van der Waals surface area contributed by atoms with Gasteiger partial charge in [-0.25, -0.2) is 4.39 Å². The van der Waals surface area contributed by atoms with E-state index >= 15 is 0 Å². The second-order valence-electron chi connectivity index (χ2n) is 5.06. The van der Waals surface area contributed by atoms with Crippen molar-refractivity contribution in [2.75, 3.05) is 12.9 Å². The van der Waals surface area contributed by atoms with Gasteiger partial charge in [0.15, 0.2) is 12.1 Å². The number of aliphatic hydroxyl groups excluding tert-OH is 1. The fraction of sp³-hybridized carbons (Fsp3) is 1.00. The van der Waals surface area contributed by atoms with Gasteiger partial charge in [0.2, 0.25) is 0 Å². The van der Waals surface area contributed by atoms with Crippen LogP contribution in [0.4, 0.5) is 4.39 Å². The van der Waals surface area contributed by atoms with E-state index in [4.69, 9.17) is 18.4 Å². The van der Waals surface area contributed by atoms with Gasteiger partial charge in [0.25, 0.3) is 10.1 Å². The van der Waals surface area contributed by atoms with Crippen molar-refractivity contribution in [2.24, 2.45) is 0 Å². The number of rotatable bonds is 4. The Morgan fingerprint density at radius 1 is 1.42 bits per heavy atom. The van der Waals surface area contributed by atoms with Crippen molar-refractivity contribution < 1.29 is 36.3 Å². The van der Waals surface area contributed by atoms with Crippen molar-refractivity contribution in [1.29, 1.82) is 0 Å². The van der Waals surface area contributed by atoms with Crippen LogP contribution >= 0.6 is 0 Å². The Bertz CT molecular complexity index is 437. The van der Waals surface area contributed by atoms with Crippen LogP contribution in [0, 0.1) is 0 Å². The maximum Gasteiger partial charge on any atom is 0.264 e. The van der Waals surface area contributed by atoms with Crippen molar-refractivity contribution in [3.8, 4) is 0 Å². The molecule has 0 radical (unpaired) electrons. The minimum atomic E-state index is -3.81. The summed E-state index contributed by atoms with van der Waals surface area (Å²) in [6, 6.07) is 0. The molecule has 2 aliphatic heterocycles. The van der Waals surface area contributed by atoms with Gasteiger partial charge < -0.3 is 19.3 Å². The number of fused-ring (bicyclic) bond motifs is 1. The summed E-state index contributed by atoms with van der Waals surface area (Å²) in [5.74, 6) is -0.958. The maximum absolute atomic E-state index is 12.6. The molecule has 2 saturated heterocycles. The lowest BCUT2D eigenvalue weighted by Crippen LogP contribution is -2.44. The molecule has 0 aliphatic carbocycles. The molecule has 19 heavy (non-hydrogen) atoms. The summed E-state index contributed by atoms with van der Waals surface area (Å²) in [5.41, 5.74) is 0. The molecule has 2 fully saturated rings. The van der Waals surface area contributed by atoms with Gasteiger partial charge in [-0.2, -0.15) is 8.42 Å². The van der Waals surface area contributed by atoms with Gasteiger partial charge >= 0.3 is 0 Å². The van der Waals surface area contributed by atoms with E-state index in [1.165, 1.54) is 0 Å². The molecular weight excluding hydrogens is 283 g/mol. The summed E-state index contributed by atoms with van der Waals surface area (Å²) in [4.78, 5) is 0. The summed E-state index contributed by atoms with van der Waals surface area (Å²) in [7, 11) is -3.81. The zero-order chi connectivity index (χ0) is 14.4. The van der Waals surface area contributed by atoms with Gasteiger partial charge in [-0.3, -0.25) is 4.18 Å². The smallest absolute Gasteiger partial charge is 0.264 e. The first-order valence-corrected chi connectivity index (χ1v) is 7.58. The minimum absolute atomic E-state index is 0.837. The molecule has 0 bridgehead atoms. The lowest BCUT2D eigenvalue weighted by molar-refractivity contribution is -0.224. The van der Waals surface area contributed by atoms with Crippen LogP contribution in [0.3, 0.4) is 0 Å². The van der Waals surface area contributed by atoms with Crippen LogP contribution in [0.2, 0.25) is 0 Å². The van der Waals surface area contributed by atoms with Gasteiger partial charge in [-0.1, -0.05) is 0 Å². The van der Waals surface area contributed by atoms with E-state index in [0.29, 0.717) is 0 Å². The van der Waals surface area contributed by atoms with Crippen molar-refractivity contribution >= 4 is 10.1 Å². The number of halogens is 1. The summed E-state index contributed by atoms with van der Waals surface area (Å²) >= 11 is 0. The molecule has 2 heterocycles. The van der Waals surface area contributed by atoms with Crippen molar-refractivity contribution in [3.63, 3.8) is 0 Å². The summed E-state index contributed by atoms with van der Waals surface area (Å²) in [5, 5.41) is 9.52. The standard InChI is InChI=1S/C10H17FO7S/c1-10(2)16-8-7(18-19(3,13)14)6(5(12)4-11)15-9(8)17-10/h5-9,12H,4H2,1-3H3/t5-,6-,7+,8-,9-/m1/s1. The van der Waals surface area contributed by atoms with E-state index in [1.54, 1.807) is 13.8 Å². The number of hydrogen-bond acceptors (Lipinski definition) is 7. The zero-order valence-electron chi connectivity index (χ0n) is 10.8. The normalized spacial score (nSPS) is 39.2. The van der Waals surface area contributed by atoms with Gasteiger partial charge in [-0.15, -0.1) is 0 Å². The van der Waals surface area contributed by atoms with Crippen LogP contribution in [0.1, 0.15) is 13.8 Å². The van der Waals surface area contributed by atoms with E-state index < -0.39 is 53.3 Å². The largest absolute Gasteiger partial charge is 0.388 e. The van der Waals surface area contributed by atoms with Crippen molar-refractivity contribution in [2.45, 2.75) is 50.3 Å².